The number of aliphatic imine (C=N–C) groups is 1. The molecule has 1 aliphatic heterocycles. The van der Waals surface area contributed by atoms with Gasteiger partial charge in [-0.1, -0.05) is 42.5 Å². The Bertz CT molecular complexity index is 1070. The van der Waals surface area contributed by atoms with E-state index in [4.69, 9.17) is 0 Å². The Morgan fingerprint density at radius 1 is 0.967 bits per heavy atom. The van der Waals surface area contributed by atoms with Gasteiger partial charge in [-0.3, -0.25) is 10.3 Å². The van der Waals surface area contributed by atoms with Crippen LogP contribution < -0.4 is 5.32 Å². The monoisotopic (exact) mass is 406 g/mol. The zero-order chi connectivity index (χ0) is 21.1. The number of amides is 1. The SMILES string of the molecule is COC(=O)Nc1ccc(-c2ccc(C3CCC(c4c(F)cccc4F)=N3)cc2)cc1. The summed E-state index contributed by atoms with van der Waals surface area (Å²) in [7, 11) is 1.31. The van der Waals surface area contributed by atoms with Crippen molar-refractivity contribution in [2.24, 2.45) is 4.99 Å². The highest BCUT2D eigenvalue weighted by molar-refractivity contribution is 6.02. The quantitative estimate of drug-likeness (QED) is 0.566. The van der Waals surface area contributed by atoms with Gasteiger partial charge in [0, 0.05) is 11.4 Å². The van der Waals surface area contributed by atoms with Crippen LogP contribution in [0, 0.1) is 11.6 Å². The third-order valence-corrected chi connectivity index (χ3v) is 5.16. The Balaban J connectivity index is 1.50. The highest BCUT2D eigenvalue weighted by atomic mass is 19.1. The molecule has 1 unspecified atom stereocenters. The minimum absolute atomic E-state index is 0.0164. The number of carbonyl (C=O) groups is 1. The molecule has 6 heteroatoms. The van der Waals surface area contributed by atoms with Crippen molar-refractivity contribution in [3.8, 4) is 11.1 Å². The molecule has 0 aliphatic carbocycles. The van der Waals surface area contributed by atoms with Crippen LogP contribution in [0.2, 0.25) is 0 Å². The number of hydrogen-bond donors (Lipinski definition) is 1. The molecule has 152 valence electrons. The predicted molar refractivity (Wildman–Crippen MR) is 113 cm³/mol. The van der Waals surface area contributed by atoms with Gasteiger partial charge in [-0.15, -0.1) is 0 Å². The Morgan fingerprint density at radius 3 is 2.17 bits per heavy atom. The fourth-order valence-corrected chi connectivity index (χ4v) is 3.61. The van der Waals surface area contributed by atoms with Gasteiger partial charge in [0.15, 0.2) is 0 Å². The van der Waals surface area contributed by atoms with Crippen LogP contribution in [0.4, 0.5) is 19.3 Å². The molecule has 1 amide bonds. The van der Waals surface area contributed by atoms with E-state index in [0.717, 1.165) is 23.1 Å². The number of benzene rings is 3. The fraction of sp³-hybridized carbons (Fsp3) is 0.167. The molecule has 0 radical (unpaired) electrons. The van der Waals surface area contributed by atoms with Crippen molar-refractivity contribution in [2.45, 2.75) is 18.9 Å². The van der Waals surface area contributed by atoms with Crippen LogP contribution in [-0.4, -0.2) is 18.9 Å². The summed E-state index contributed by atoms with van der Waals surface area (Å²) in [6.45, 7) is 0. The highest BCUT2D eigenvalue weighted by Gasteiger charge is 2.24. The summed E-state index contributed by atoms with van der Waals surface area (Å²) in [5, 5.41) is 2.61. The maximum absolute atomic E-state index is 14.0. The van der Waals surface area contributed by atoms with Crippen molar-refractivity contribution < 1.29 is 18.3 Å². The Hall–Kier alpha value is -3.54. The number of rotatable bonds is 4. The van der Waals surface area contributed by atoms with Gasteiger partial charge in [0.1, 0.15) is 11.6 Å². The number of anilines is 1. The Labute approximate surface area is 173 Å². The second-order valence-corrected chi connectivity index (χ2v) is 7.04. The van der Waals surface area contributed by atoms with E-state index in [0.29, 0.717) is 17.8 Å². The number of nitrogens with one attached hydrogen (secondary N) is 1. The summed E-state index contributed by atoms with van der Waals surface area (Å²) in [6, 6.07) is 19.2. The molecule has 1 N–H and O–H groups in total. The van der Waals surface area contributed by atoms with Crippen molar-refractivity contribution in [1.29, 1.82) is 0 Å². The number of halogens is 2. The van der Waals surface area contributed by atoms with Gasteiger partial charge in [0.2, 0.25) is 0 Å². The van der Waals surface area contributed by atoms with Gasteiger partial charge < -0.3 is 4.74 Å². The van der Waals surface area contributed by atoms with Gasteiger partial charge in [-0.2, -0.15) is 0 Å². The van der Waals surface area contributed by atoms with E-state index in [1.807, 2.05) is 36.4 Å². The first-order valence-electron chi connectivity index (χ1n) is 9.61. The molecule has 1 aliphatic rings. The van der Waals surface area contributed by atoms with Crippen LogP contribution in [0.15, 0.2) is 71.7 Å². The van der Waals surface area contributed by atoms with Crippen LogP contribution in [0.1, 0.15) is 30.0 Å². The first-order valence-corrected chi connectivity index (χ1v) is 9.61. The smallest absolute Gasteiger partial charge is 0.411 e. The second kappa shape index (κ2) is 8.45. The molecule has 4 nitrogen and oxygen atoms in total. The van der Waals surface area contributed by atoms with Crippen LogP contribution >= 0.6 is 0 Å². The van der Waals surface area contributed by atoms with Gasteiger partial charge in [0.25, 0.3) is 0 Å². The second-order valence-electron chi connectivity index (χ2n) is 7.04. The third kappa shape index (κ3) is 4.08. The molecule has 0 fully saturated rings. The highest BCUT2D eigenvalue weighted by Crippen LogP contribution is 2.33. The molecule has 0 spiro atoms. The molecular weight excluding hydrogens is 386 g/mol. The third-order valence-electron chi connectivity index (χ3n) is 5.16. The summed E-state index contributed by atoms with van der Waals surface area (Å²) in [4.78, 5) is 15.8. The van der Waals surface area contributed by atoms with Gasteiger partial charge in [-0.25, -0.2) is 13.6 Å². The first kappa shape index (κ1) is 19.8. The number of nitrogens with zero attached hydrogens (tertiary/aromatic N) is 1. The van der Waals surface area contributed by atoms with E-state index in [-0.39, 0.29) is 11.6 Å². The zero-order valence-electron chi connectivity index (χ0n) is 16.4. The molecule has 4 rings (SSSR count). The van der Waals surface area contributed by atoms with Crippen molar-refractivity contribution in [1.82, 2.24) is 0 Å². The summed E-state index contributed by atoms with van der Waals surface area (Å²) >= 11 is 0. The fourth-order valence-electron chi connectivity index (χ4n) is 3.61. The number of ether oxygens (including phenoxy) is 1. The lowest BCUT2D eigenvalue weighted by molar-refractivity contribution is 0.187. The summed E-state index contributed by atoms with van der Waals surface area (Å²) in [6.07, 6.45) is 0.744. The van der Waals surface area contributed by atoms with Crippen LogP contribution in [-0.2, 0) is 4.74 Å². The molecule has 0 bridgehead atoms. The average Bonchev–Trinajstić information content (AvgIpc) is 3.24. The van der Waals surface area contributed by atoms with E-state index in [9.17, 15) is 13.6 Å². The lowest BCUT2D eigenvalue weighted by Crippen LogP contribution is -2.10. The first-order chi connectivity index (χ1) is 14.5. The molecule has 30 heavy (non-hydrogen) atoms. The molecular formula is C24H20F2N2O2. The molecule has 1 atom stereocenters. The summed E-state index contributed by atoms with van der Waals surface area (Å²) in [5.41, 5.74) is 4.14. The Kier molecular flexibility index (Phi) is 5.57. The van der Waals surface area contributed by atoms with Gasteiger partial charge in [0.05, 0.1) is 18.7 Å². The van der Waals surface area contributed by atoms with E-state index in [2.05, 4.69) is 15.0 Å². The maximum atomic E-state index is 14.0. The lowest BCUT2D eigenvalue weighted by atomic mass is 9.99. The minimum atomic E-state index is -0.574. The van der Waals surface area contributed by atoms with Crippen molar-refractivity contribution in [3.63, 3.8) is 0 Å². The van der Waals surface area contributed by atoms with Crippen LogP contribution in [0.3, 0.4) is 0 Å². The summed E-state index contributed by atoms with van der Waals surface area (Å²) in [5.74, 6) is -1.15. The standard InChI is InChI=1S/C24H20F2N2O2/c1-30-24(29)27-18-11-9-16(10-12-18)15-5-7-17(8-6-15)21-13-14-22(28-21)23-19(25)3-2-4-20(23)26/h2-12,21H,13-14H2,1H3,(H,27,29). The van der Waals surface area contributed by atoms with E-state index < -0.39 is 17.7 Å². The van der Waals surface area contributed by atoms with Crippen LogP contribution in [0.5, 0.6) is 0 Å². The van der Waals surface area contributed by atoms with Gasteiger partial charge in [-0.05, 0) is 53.8 Å². The molecule has 1 heterocycles. The minimum Gasteiger partial charge on any atom is -0.453 e. The molecule has 3 aromatic rings. The van der Waals surface area contributed by atoms with E-state index >= 15 is 0 Å². The zero-order valence-corrected chi connectivity index (χ0v) is 16.4. The van der Waals surface area contributed by atoms with Crippen LogP contribution in [0.25, 0.3) is 11.1 Å². The molecule has 0 saturated carbocycles. The average molecular weight is 406 g/mol. The molecule has 0 aromatic heterocycles. The van der Waals surface area contributed by atoms with Gasteiger partial charge >= 0.3 is 6.09 Å². The predicted octanol–water partition coefficient (Wildman–Crippen LogP) is 6.13. The number of carbonyl (C=O) groups excluding carboxylic acids is 1. The molecule has 0 saturated heterocycles. The maximum Gasteiger partial charge on any atom is 0.411 e. The summed E-state index contributed by atoms with van der Waals surface area (Å²) < 4.78 is 32.7. The van der Waals surface area contributed by atoms with Crippen molar-refractivity contribution in [2.75, 3.05) is 12.4 Å². The lowest BCUT2D eigenvalue weighted by Gasteiger charge is -2.09. The van der Waals surface area contributed by atoms with E-state index in [1.165, 1.54) is 25.3 Å². The molecule has 3 aromatic carbocycles. The van der Waals surface area contributed by atoms with Crippen molar-refractivity contribution >= 4 is 17.5 Å². The van der Waals surface area contributed by atoms with Crippen molar-refractivity contribution in [3.05, 3.63) is 89.5 Å². The topological polar surface area (TPSA) is 50.7 Å². The largest absolute Gasteiger partial charge is 0.453 e. The number of hydrogen-bond acceptors (Lipinski definition) is 3. The van der Waals surface area contributed by atoms with E-state index in [1.54, 1.807) is 12.1 Å². The number of methoxy groups -OCH3 is 1. The normalized spacial score (nSPS) is 15.6. The Morgan fingerprint density at radius 2 is 1.57 bits per heavy atom.